The molecule has 0 amide bonds. The molecule has 0 aliphatic heterocycles. The van der Waals surface area contributed by atoms with E-state index in [0.717, 1.165) is 5.56 Å². The smallest absolute Gasteiger partial charge is 0.348 e. The van der Waals surface area contributed by atoms with Crippen molar-refractivity contribution in [2.75, 3.05) is 18.0 Å². The largest absolute Gasteiger partial charge is 0.405 e. The van der Waals surface area contributed by atoms with Gasteiger partial charge in [-0.3, -0.25) is 0 Å². The van der Waals surface area contributed by atoms with E-state index in [1.54, 1.807) is 13.8 Å². The number of rotatable bonds is 4. The third-order valence-corrected chi connectivity index (χ3v) is 2.91. The fourth-order valence-electron chi connectivity index (χ4n) is 1.82. The highest BCUT2D eigenvalue weighted by Gasteiger charge is 2.31. The Balaban J connectivity index is 3.19. The molecular weight excluding hydrogens is 265 g/mol. The van der Waals surface area contributed by atoms with Crippen LogP contribution in [0.25, 0.3) is 0 Å². The van der Waals surface area contributed by atoms with Gasteiger partial charge < -0.3 is 4.90 Å². The van der Waals surface area contributed by atoms with Gasteiger partial charge in [-0.05, 0) is 32.4 Å². The molecule has 0 saturated carbocycles. The molecule has 0 N–H and O–H groups in total. The minimum atomic E-state index is -4.25. The van der Waals surface area contributed by atoms with Gasteiger partial charge in [-0.25, -0.2) is 4.98 Å². The van der Waals surface area contributed by atoms with Crippen molar-refractivity contribution in [3.63, 3.8) is 0 Å². The van der Waals surface area contributed by atoms with Gasteiger partial charge in [-0.2, -0.15) is 13.2 Å². The molecule has 0 aliphatic carbocycles. The van der Waals surface area contributed by atoms with Crippen LogP contribution in [-0.2, 0) is 5.88 Å². The van der Waals surface area contributed by atoms with Gasteiger partial charge in [0.1, 0.15) is 12.4 Å². The van der Waals surface area contributed by atoms with E-state index in [-0.39, 0.29) is 12.4 Å². The van der Waals surface area contributed by atoms with Crippen LogP contribution in [0.15, 0.2) is 6.07 Å². The lowest BCUT2D eigenvalue weighted by Crippen LogP contribution is -2.35. The topological polar surface area (TPSA) is 16.1 Å². The number of hydrogen-bond acceptors (Lipinski definition) is 2. The number of nitrogens with zero attached hydrogens (tertiary/aromatic N) is 2. The summed E-state index contributed by atoms with van der Waals surface area (Å²) >= 11 is 5.81. The standard InChI is InChI=1S/C12H16ClF3N2/c1-4-18(7-12(14,15)16)11-10(6-13)8(2)5-9(3)17-11/h5H,4,6-7H2,1-3H3. The molecule has 0 unspecified atom stereocenters. The van der Waals surface area contributed by atoms with Crippen LogP contribution in [0.3, 0.4) is 0 Å². The summed E-state index contributed by atoms with van der Waals surface area (Å²) in [5.41, 5.74) is 2.22. The summed E-state index contributed by atoms with van der Waals surface area (Å²) in [6.07, 6.45) is -4.25. The van der Waals surface area contributed by atoms with E-state index in [1.165, 1.54) is 4.90 Å². The van der Waals surface area contributed by atoms with Crippen molar-refractivity contribution in [1.82, 2.24) is 4.98 Å². The quantitative estimate of drug-likeness (QED) is 0.779. The molecule has 0 fully saturated rings. The zero-order valence-corrected chi connectivity index (χ0v) is 11.4. The van der Waals surface area contributed by atoms with Gasteiger partial charge in [-0.1, -0.05) is 0 Å². The first-order valence-electron chi connectivity index (χ1n) is 5.63. The molecule has 0 radical (unpaired) electrons. The first kappa shape index (κ1) is 15.1. The monoisotopic (exact) mass is 280 g/mol. The summed E-state index contributed by atoms with van der Waals surface area (Å²) in [6, 6.07) is 1.82. The molecule has 0 saturated heterocycles. The van der Waals surface area contributed by atoms with E-state index >= 15 is 0 Å². The van der Waals surface area contributed by atoms with Crippen LogP contribution in [0.2, 0.25) is 0 Å². The number of alkyl halides is 4. The number of hydrogen-bond donors (Lipinski definition) is 0. The average molecular weight is 281 g/mol. The first-order chi connectivity index (χ1) is 8.28. The second kappa shape index (κ2) is 5.78. The predicted molar refractivity (Wildman–Crippen MR) is 67.2 cm³/mol. The highest BCUT2D eigenvalue weighted by molar-refractivity contribution is 6.17. The van der Waals surface area contributed by atoms with Crippen molar-refractivity contribution in [1.29, 1.82) is 0 Å². The zero-order valence-electron chi connectivity index (χ0n) is 10.6. The van der Waals surface area contributed by atoms with Crippen LogP contribution in [0.5, 0.6) is 0 Å². The molecule has 1 aromatic heterocycles. The fraction of sp³-hybridized carbons (Fsp3) is 0.583. The summed E-state index contributed by atoms with van der Waals surface area (Å²) in [5.74, 6) is 0.491. The van der Waals surface area contributed by atoms with Crippen LogP contribution >= 0.6 is 11.6 Å². The van der Waals surface area contributed by atoms with Crippen molar-refractivity contribution < 1.29 is 13.2 Å². The van der Waals surface area contributed by atoms with E-state index in [2.05, 4.69) is 4.98 Å². The van der Waals surface area contributed by atoms with Gasteiger partial charge in [0.2, 0.25) is 0 Å². The Labute approximate surface area is 110 Å². The van der Waals surface area contributed by atoms with Gasteiger partial charge in [0.05, 0.1) is 5.88 Å². The molecule has 1 aromatic rings. The van der Waals surface area contributed by atoms with Crippen LogP contribution in [-0.4, -0.2) is 24.2 Å². The van der Waals surface area contributed by atoms with Gasteiger partial charge >= 0.3 is 6.18 Å². The lowest BCUT2D eigenvalue weighted by atomic mass is 10.1. The molecule has 18 heavy (non-hydrogen) atoms. The fourth-order valence-corrected chi connectivity index (χ4v) is 2.15. The normalized spacial score (nSPS) is 11.7. The average Bonchev–Trinajstić information content (AvgIpc) is 2.23. The Bertz CT molecular complexity index is 419. The van der Waals surface area contributed by atoms with Crippen molar-refractivity contribution in [3.8, 4) is 0 Å². The van der Waals surface area contributed by atoms with Crippen LogP contribution in [0, 0.1) is 13.8 Å². The molecule has 6 heteroatoms. The molecule has 1 heterocycles. The number of aromatic nitrogens is 1. The summed E-state index contributed by atoms with van der Waals surface area (Å²) in [4.78, 5) is 5.41. The Kier molecular flexibility index (Phi) is 4.85. The highest BCUT2D eigenvalue weighted by Crippen LogP contribution is 2.27. The molecule has 0 aromatic carbocycles. The van der Waals surface area contributed by atoms with Crippen molar-refractivity contribution >= 4 is 17.4 Å². The lowest BCUT2D eigenvalue weighted by Gasteiger charge is -2.26. The van der Waals surface area contributed by atoms with Gasteiger partial charge in [0, 0.05) is 17.8 Å². The Morgan fingerprint density at radius 2 is 1.94 bits per heavy atom. The number of aryl methyl sites for hydroxylation is 2. The Morgan fingerprint density at radius 1 is 1.33 bits per heavy atom. The molecule has 1 rings (SSSR count). The summed E-state index contributed by atoms with van der Waals surface area (Å²) in [5, 5.41) is 0. The molecule has 0 bridgehead atoms. The lowest BCUT2D eigenvalue weighted by molar-refractivity contribution is -0.119. The van der Waals surface area contributed by atoms with Crippen LogP contribution in [0.4, 0.5) is 19.0 Å². The maximum Gasteiger partial charge on any atom is 0.405 e. The number of anilines is 1. The molecule has 0 aliphatic rings. The summed E-state index contributed by atoms with van der Waals surface area (Å²) < 4.78 is 37.5. The van der Waals surface area contributed by atoms with Crippen molar-refractivity contribution in [2.24, 2.45) is 0 Å². The van der Waals surface area contributed by atoms with Crippen LogP contribution < -0.4 is 4.90 Å². The van der Waals surface area contributed by atoms with Crippen LogP contribution in [0.1, 0.15) is 23.7 Å². The maximum atomic E-state index is 12.5. The summed E-state index contributed by atoms with van der Waals surface area (Å²) in [7, 11) is 0. The molecular formula is C12H16ClF3N2. The second-order valence-electron chi connectivity index (χ2n) is 4.15. The molecule has 2 nitrogen and oxygen atoms in total. The minimum absolute atomic E-state index is 0.156. The van der Waals surface area contributed by atoms with E-state index in [4.69, 9.17) is 11.6 Å². The first-order valence-corrected chi connectivity index (χ1v) is 6.16. The number of pyridine rings is 1. The summed E-state index contributed by atoms with van der Waals surface area (Å²) in [6.45, 7) is 4.49. The number of halogens is 4. The Hall–Kier alpha value is -0.970. The third kappa shape index (κ3) is 3.77. The molecule has 0 spiro atoms. The van der Waals surface area contributed by atoms with E-state index in [1.807, 2.05) is 13.0 Å². The SMILES string of the molecule is CCN(CC(F)(F)F)c1nc(C)cc(C)c1CCl. The predicted octanol–water partition coefficient (Wildman–Crippen LogP) is 3.83. The van der Waals surface area contributed by atoms with Gasteiger partial charge in [-0.15, -0.1) is 11.6 Å². The molecule has 102 valence electrons. The van der Waals surface area contributed by atoms with E-state index < -0.39 is 12.7 Å². The molecule has 0 atom stereocenters. The van der Waals surface area contributed by atoms with Gasteiger partial charge in [0.15, 0.2) is 0 Å². The van der Waals surface area contributed by atoms with E-state index in [9.17, 15) is 13.2 Å². The maximum absolute atomic E-state index is 12.5. The Morgan fingerprint density at radius 3 is 2.39 bits per heavy atom. The van der Waals surface area contributed by atoms with Gasteiger partial charge in [0.25, 0.3) is 0 Å². The van der Waals surface area contributed by atoms with E-state index in [0.29, 0.717) is 17.1 Å². The minimum Gasteiger partial charge on any atom is -0.348 e. The van der Waals surface area contributed by atoms with Crippen molar-refractivity contribution in [3.05, 3.63) is 22.9 Å². The zero-order chi connectivity index (χ0) is 13.9. The third-order valence-electron chi connectivity index (χ3n) is 2.64. The van der Waals surface area contributed by atoms with Crippen molar-refractivity contribution in [2.45, 2.75) is 32.8 Å². The highest BCUT2D eigenvalue weighted by atomic mass is 35.5. The second-order valence-corrected chi connectivity index (χ2v) is 4.41.